The van der Waals surface area contributed by atoms with E-state index in [-0.39, 0.29) is 24.0 Å². The first-order chi connectivity index (χ1) is 13.7. The zero-order valence-corrected chi connectivity index (χ0v) is 19.7. The Hall–Kier alpha value is -1.58. The second-order valence-electron chi connectivity index (χ2n) is 7.32. The highest BCUT2D eigenvalue weighted by molar-refractivity contribution is 14.0. The van der Waals surface area contributed by atoms with Gasteiger partial charge in [-0.3, -0.25) is 9.89 Å². The number of aliphatic imine (C=N–C) groups is 1. The summed E-state index contributed by atoms with van der Waals surface area (Å²) in [5, 5.41) is 7.04. The Morgan fingerprint density at radius 3 is 2.79 bits per heavy atom. The van der Waals surface area contributed by atoms with E-state index in [1.54, 1.807) is 13.4 Å². The summed E-state index contributed by atoms with van der Waals surface area (Å²) >= 11 is 0. The number of nitrogens with zero attached hydrogens (tertiary/aromatic N) is 2. The fraction of sp³-hybridized carbons (Fsp3) is 0.500. The molecule has 1 aromatic heterocycles. The number of benzene rings is 1. The predicted molar refractivity (Wildman–Crippen MR) is 128 cm³/mol. The van der Waals surface area contributed by atoms with Crippen LogP contribution in [0.2, 0.25) is 0 Å². The lowest BCUT2D eigenvalue weighted by Crippen LogP contribution is -2.45. The van der Waals surface area contributed by atoms with Gasteiger partial charge in [-0.25, -0.2) is 0 Å². The minimum Gasteiger partial charge on any atom is -0.469 e. The van der Waals surface area contributed by atoms with E-state index in [1.165, 1.54) is 5.56 Å². The third-order valence-corrected chi connectivity index (χ3v) is 5.08. The van der Waals surface area contributed by atoms with Crippen LogP contribution in [0, 0.1) is 0 Å². The molecule has 0 radical (unpaired) electrons. The second kappa shape index (κ2) is 12.9. The third kappa shape index (κ3) is 7.98. The molecule has 2 unspecified atom stereocenters. The van der Waals surface area contributed by atoms with Crippen molar-refractivity contribution < 1.29 is 9.15 Å². The molecule has 1 aliphatic rings. The largest absolute Gasteiger partial charge is 0.469 e. The van der Waals surface area contributed by atoms with Gasteiger partial charge in [-0.1, -0.05) is 30.3 Å². The standard InChI is InChI=1S/C22H32N4O2.HI/c1-18-15-20(17-26(18)16-19-7-4-3-5-8-19)25-22(24-12-14-27-2)23-11-10-21-9-6-13-28-21;/h3-9,13,18,20H,10-12,14-17H2,1-2H3,(H2,23,24,25);1H. The van der Waals surface area contributed by atoms with Crippen LogP contribution in [0.25, 0.3) is 0 Å². The van der Waals surface area contributed by atoms with Gasteiger partial charge in [-0.05, 0) is 31.0 Å². The maximum Gasteiger partial charge on any atom is 0.191 e. The van der Waals surface area contributed by atoms with E-state index >= 15 is 0 Å². The summed E-state index contributed by atoms with van der Waals surface area (Å²) in [5.74, 6) is 1.83. The lowest BCUT2D eigenvalue weighted by molar-refractivity contribution is 0.208. The van der Waals surface area contributed by atoms with E-state index in [0.717, 1.165) is 44.2 Å². The minimum atomic E-state index is 0. The Morgan fingerprint density at radius 2 is 2.07 bits per heavy atom. The molecule has 3 rings (SSSR count). The summed E-state index contributed by atoms with van der Waals surface area (Å²) in [6.07, 6.45) is 3.65. The van der Waals surface area contributed by atoms with Crippen LogP contribution in [0.3, 0.4) is 0 Å². The van der Waals surface area contributed by atoms with Gasteiger partial charge in [0.1, 0.15) is 5.76 Å². The monoisotopic (exact) mass is 512 g/mol. The Balaban J connectivity index is 0.00000300. The zero-order valence-electron chi connectivity index (χ0n) is 17.3. The van der Waals surface area contributed by atoms with Gasteiger partial charge in [-0.2, -0.15) is 0 Å². The molecule has 0 aliphatic carbocycles. The highest BCUT2D eigenvalue weighted by Crippen LogP contribution is 2.20. The highest BCUT2D eigenvalue weighted by atomic mass is 127. The number of hydrogen-bond acceptors (Lipinski definition) is 4. The molecule has 0 bridgehead atoms. The molecular weight excluding hydrogens is 479 g/mol. The van der Waals surface area contributed by atoms with Gasteiger partial charge in [0, 0.05) is 45.2 Å². The van der Waals surface area contributed by atoms with E-state index in [4.69, 9.17) is 9.15 Å². The number of ether oxygens (including phenoxy) is 1. The van der Waals surface area contributed by atoms with Gasteiger partial charge in [0.15, 0.2) is 5.96 Å². The SMILES string of the molecule is COCCN=C(NCCc1ccco1)NC1CC(C)N(Cc2ccccc2)C1.I. The number of likely N-dealkylation sites (tertiary alicyclic amines) is 1. The number of hydrogen-bond donors (Lipinski definition) is 2. The van der Waals surface area contributed by atoms with E-state index in [9.17, 15) is 0 Å². The number of halogens is 1. The van der Waals surface area contributed by atoms with E-state index < -0.39 is 0 Å². The summed E-state index contributed by atoms with van der Waals surface area (Å²) in [5.41, 5.74) is 1.36. The van der Waals surface area contributed by atoms with Crippen LogP contribution < -0.4 is 10.6 Å². The predicted octanol–water partition coefficient (Wildman–Crippen LogP) is 3.28. The Kier molecular flexibility index (Phi) is 10.5. The molecule has 29 heavy (non-hydrogen) atoms. The average Bonchev–Trinajstić information content (AvgIpc) is 3.33. The molecule has 2 atom stereocenters. The van der Waals surface area contributed by atoms with Crippen molar-refractivity contribution in [1.29, 1.82) is 0 Å². The molecule has 160 valence electrons. The number of rotatable bonds is 9. The summed E-state index contributed by atoms with van der Waals surface area (Å²) < 4.78 is 10.5. The van der Waals surface area contributed by atoms with Crippen LogP contribution in [-0.4, -0.2) is 56.3 Å². The number of methoxy groups -OCH3 is 1. The Labute approximate surface area is 191 Å². The molecule has 7 heteroatoms. The first kappa shape index (κ1) is 23.7. The van der Waals surface area contributed by atoms with E-state index in [0.29, 0.717) is 25.2 Å². The van der Waals surface area contributed by atoms with Crippen LogP contribution in [-0.2, 0) is 17.7 Å². The molecule has 1 aliphatic heterocycles. The van der Waals surface area contributed by atoms with Gasteiger partial charge < -0.3 is 19.8 Å². The van der Waals surface area contributed by atoms with Gasteiger partial charge in [-0.15, -0.1) is 24.0 Å². The summed E-state index contributed by atoms with van der Waals surface area (Å²) in [4.78, 5) is 7.18. The first-order valence-corrected chi connectivity index (χ1v) is 10.1. The molecule has 2 aromatic rings. The van der Waals surface area contributed by atoms with Crippen molar-refractivity contribution >= 4 is 29.9 Å². The molecule has 1 saturated heterocycles. The molecule has 6 nitrogen and oxygen atoms in total. The van der Waals surface area contributed by atoms with Crippen LogP contribution in [0.15, 0.2) is 58.1 Å². The second-order valence-corrected chi connectivity index (χ2v) is 7.32. The molecule has 2 heterocycles. The molecule has 0 amide bonds. The van der Waals surface area contributed by atoms with Crippen LogP contribution in [0.5, 0.6) is 0 Å². The lowest BCUT2D eigenvalue weighted by Gasteiger charge is -2.21. The fourth-order valence-electron chi connectivity index (χ4n) is 3.59. The Morgan fingerprint density at radius 1 is 1.24 bits per heavy atom. The van der Waals surface area contributed by atoms with Crippen molar-refractivity contribution in [3.63, 3.8) is 0 Å². The number of nitrogens with one attached hydrogen (secondary N) is 2. The third-order valence-electron chi connectivity index (χ3n) is 5.08. The van der Waals surface area contributed by atoms with Crippen molar-refractivity contribution in [2.45, 2.75) is 38.4 Å². The summed E-state index contributed by atoms with van der Waals surface area (Å²) in [7, 11) is 1.70. The van der Waals surface area contributed by atoms with Gasteiger partial charge in [0.25, 0.3) is 0 Å². The maximum absolute atomic E-state index is 5.41. The first-order valence-electron chi connectivity index (χ1n) is 10.1. The van der Waals surface area contributed by atoms with Crippen LogP contribution >= 0.6 is 24.0 Å². The van der Waals surface area contributed by atoms with Gasteiger partial charge in [0.05, 0.1) is 19.4 Å². The quantitative estimate of drug-likeness (QED) is 0.234. The number of guanidine groups is 1. The topological polar surface area (TPSA) is 62.0 Å². The van der Waals surface area contributed by atoms with Crippen LogP contribution in [0.4, 0.5) is 0 Å². The average molecular weight is 512 g/mol. The molecule has 1 aromatic carbocycles. The summed E-state index contributed by atoms with van der Waals surface area (Å²) in [6.45, 7) is 6.34. The van der Waals surface area contributed by atoms with E-state index in [2.05, 4.69) is 57.8 Å². The van der Waals surface area contributed by atoms with Crippen molar-refractivity contribution in [1.82, 2.24) is 15.5 Å². The zero-order chi connectivity index (χ0) is 19.6. The van der Waals surface area contributed by atoms with Crippen molar-refractivity contribution in [2.75, 3.05) is 33.4 Å². The molecular formula is C22H33IN4O2. The maximum atomic E-state index is 5.41. The Bertz CT molecular complexity index is 709. The lowest BCUT2D eigenvalue weighted by atomic mass is 10.2. The van der Waals surface area contributed by atoms with Gasteiger partial charge in [0.2, 0.25) is 0 Å². The number of furan rings is 1. The fourth-order valence-corrected chi connectivity index (χ4v) is 3.59. The van der Waals surface area contributed by atoms with E-state index in [1.807, 2.05) is 12.1 Å². The van der Waals surface area contributed by atoms with Crippen LogP contribution in [0.1, 0.15) is 24.7 Å². The van der Waals surface area contributed by atoms with Crippen molar-refractivity contribution in [3.8, 4) is 0 Å². The normalized spacial score (nSPS) is 19.7. The molecule has 0 saturated carbocycles. The van der Waals surface area contributed by atoms with Crippen molar-refractivity contribution in [3.05, 3.63) is 60.1 Å². The molecule has 1 fully saturated rings. The molecule has 2 N–H and O–H groups in total. The minimum absolute atomic E-state index is 0. The smallest absolute Gasteiger partial charge is 0.191 e. The molecule has 0 spiro atoms. The highest BCUT2D eigenvalue weighted by Gasteiger charge is 2.29. The van der Waals surface area contributed by atoms with Gasteiger partial charge >= 0.3 is 0 Å². The summed E-state index contributed by atoms with van der Waals surface area (Å²) in [6, 6.07) is 15.5. The van der Waals surface area contributed by atoms with Crippen molar-refractivity contribution in [2.24, 2.45) is 4.99 Å².